The highest BCUT2D eigenvalue weighted by Crippen LogP contribution is 2.20. The van der Waals surface area contributed by atoms with Crippen molar-refractivity contribution in [2.45, 2.75) is 39.3 Å². The lowest BCUT2D eigenvalue weighted by molar-refractivity contribution is 1.61. The Balaban J connectivity index is 3.18. The monoisotopic (exact) mass is 295 g/mol. The minimum absolute atomic E-state index is 0.609. The van der Waals surface area contributed by atoms with E-state index in [1.54, 1.807) is 0 Å². The SMILES string of the molecule is [C-]#[N+]c1cc(C#C[Si](C)(C)C)ccc1C#C[Si](C)(C)C. The van der Waals surface area contributed by atoms with Gasteiger partial charge in [-0.15, -0.1) is 11.1 Å². The van der Waals surface area contributed by atoms with E-state index in [4.69, 9.17) is 6.57 Å². The predicted molar refractivity (Wildman–Crippen MR) is 93.2 cm³/mol. The Bertz CT molecular complexity index is 660. The van der Waals surface area contributed by atoms with Gasteiger partial charge in [-0.25, -0.2) is 4.85 Å². The second-order valence-electron chi connectivity index (χ2n) is 6.84. The smallest absolute Gasteiger partial charge is 0.203 e. The summed E-state index contributed by atoms with van der Waals surface area (Å²) in [4.78, 5) is 3.58. The molecule has 0 amide bonds. The zero-order chi connectivity index (χ0) is 15.4. The van der Waals surface area contributed by atoms with Crippen molar-refractivity contribution in [2.24, 2.45) is 0 Å². The van der Waals surface area contributed by atoms with Crippen molar-refractivity contribution in [1.29, 1.82) is 0 Å². The van der Waals surface area contributed by atoms with Gasteiger partial charge in [0.15, 0.2) is 0 Å². The lowest BCUT2D eigenvalue weighted by Gasteiger charge is -2.05. The Hall–Kier alpha value is -1.74. The Morgan fingerprint density at radius 1 is 0.900 bits per heavy atom. The van der Waals surface area contributed by atoms with Crippen LogP contribution in [0.5, 0.6) is 0 Å². The van der Waals surface area contributed by atoms with Gasteiger partial charge >= 0.3 is 0 Å². The predicted octanol–water partition coefficient (Wildman–Crippen LogP) is 4.70. The van der Waals surface area contributed by atoms with Crippen LogP contribution < -0.4 is 0 Å². The van der Waals surface area contributed by atoms with Crippen molar-refractivity contribution >= 4 is 21.8 Å². The molecule has 0 heterocycles. The van der Waals surface area contributed by atoms with Gasteiger partial charge in [0.05, 0.1) is 6.57 Å². The van der Waals surface area contributed by atoms with E-state index in [1.165, 1.54) is 0 Å². The molecule has 0 aromatic heterocycles. The zero-order valence-electron chi connectivity index (χ0n) is 13.2. The summed E-state index contributed by atoms with van der Waals surface area (Å²) >= 11 is 0. The first-order valence-corrected chi connectivity index (χ1v) is 13.7. The van der Waals surface area contributed by atoms with Crippen LogP contribution in [0.2, 0.25) is 39.3 Å². The zero-order valence-corrected chi connectivity index (χ0v) is 15.2. The molecule has 0 aliphatic heterocycles. The first-order valence-electron chi connectivity index (χ1n) is 6.69. The average molecular weight is 296 g/mol. The van der Waals surface area contributed by atoms with Gasteiger partial charge in [-0.05, 0) is 12.1 Å². The molecule has 0 unspecified atom stereocenters. The standard InChI is InChI=1S/C17H21NSi2/c1-18-17-14-15(10-12-19(2,3)4)8-9-16(17)11-13-20(5,6)7/h8-9,14H,2-7H3. The normalized spacial score (nSPS) is 10.7. The van der Waals surface area contributed by atoms with Crippen LogP contribution >= 0.6 is 0 Å². The summed E-state index contributed by atoms with van der Waals surface area (Å²) < 4.78 is 0. The summed E-state index contributed by atoms with van der Waals surface area (Å²) in [6.07, 6.45) is 0. The van der Waals surface area contributed by atoms with Gasteiger partial charge in [-0.3, -0.25) is 0 Å². The van der Waals surface area contributed by atoms with Crippen LogP contribution in [-0.2, 0) is 0 Å². The van der Waals surface area contributed by atoms with Gasteiger partial charge in [0.25, 0.3) is 0 Å². The number of nitrogens with zero attached hydrogens (tertiary/aromatic N) is 1. The van der Waals surface area contributed by atoms with E-state index in [-0.39, 0.29) is 0 Å². The fourth-order valence-electron chi connectivity index (χ4n) is 1.32. The summed E-state index contributed by atoms with van der Waals surface area (Å²) in [5.74, 6) is 6.35. The van der Waals surface area contributed by atoms with E-state index in [1.807, 2.05) is 18.2 Å². The molecule has 20 heavy (non-hydrogen) atoms. The lowest BCUT2D eigenvalue weighted by atomic mass is 10.1. The minimum Gasteiger partial charge on any atom is -0.237 e. The Morgan fingerprint density at radius 2 is 1.45 bits per heavy atom. The molecule has 0 aliphatic rings. The number of hydrogen-bond donors (Lipinski definition) is 0. The third-order valence-corrected chi connectivity index (χ3v) is 4.02. The molecular weight excluding hydrogens is 274 g/mol. The van der Waals surface area contributed by atoms with E-state index in [9.17, 15) is 0 Å². The first-order chi connectivity index (χ1) is 9.11. The van der Waals surface area contributed by atoms with Crippen LogP contribution in [0.15, 0.2) is 18.2 Å². The molecule has 3 heteroatoms. The molecule has 0 saturated carbocycles. The number of hydrogen-bond acceptors (Lipinski definition) is 0. The molecule has 0 atom stereocenters. The molecule has 0 radical (unpaired) electrons. The lowest BCUT2D eigenvalue weighted by Crippen LogP contribution is -2.16. The van der Waals surface area contributed by atoms with Gasteiger partial charge in [0.2, 0.25) is 5.69 Å². The van der Waals surface area contributed by atoms with Gasteiger partial charge in [0.1, 0.15) is 16.1 Å². The molecule has 1 nitrogen and oxygen atoms in total. The molecule has 0 spiro atoms. The molecular formula is C17H21NSi2. The summed E-state index contributed by atoms with van der Waals surface area (Å²) in [5, 5.41) is 0. The van der Waals surface area contributed by atoms with E-state index in [2.05, 4.69) is 67.1 Å². The topological polar surface area (TPSA) is 4.36 Å². The van der Waals surface area contributed by atoms with E-state index >= 15 is 0 Å². The molecule has 0 N–H and O–H groups in total. The van der Waals surface area contributed by atoms with Crippen LogP contribution in [0.3, 0.4) is 0 Å². The molecule has 1 aromatic carbocycles. The maximum Gasteiger partial charge on any atom is 0.203 e. The summed E-state index contributed by atoms with van der Waals surface area (Å²) in [6.45, 7) is 20.5. The van der Waals surface area contributed by atoms with E-state index in [0.717, 1.165) is 11.1 Å². The van der Waals surface area contributed by atoms with Gasteiger partial charge in [0, 0.05) is 11.1 Å². The second kappa shape index (κ2) is 6.14. The van der Waals surface area contributed by atoms with Gasteiger partial charge < -0.3 is 0 Å². The summed E-state index contributed by atoms with van der Waals surface area (Å²) in [5.41, 5.74) is 8.97. The maximum atomic E-state index is 7.30. The van der Waals surface area contributed by atoms with Crippen molar-refractivity contribution in [2.75, 3.05) is 0 Å². The van der Waals surface area contributed by atoms with Gasteiger partial charge in [-0.2, -0.15) is 0 Å². The van der Waals surface area contributed by atoms with Crippen LogP contribution in [-0.4, -0.2) is 16.1 Å². The molecule has 0 saturated heterocycles. The number of rotatable bonds is 0. The molecule has 0 fully saturated rings. The Morgan fingerprint density at radius 3 is 1.95 bits per heavy atom. The fourth-order valence-corrected chi connectivity index (χ4v) is 2.35. The summed E-state index contributed by atoms with van der Waals surface area (Å²) in [6, 6.07) is 5.75. The third-order valence-electron chi connectivity index (χ3n) is 2.27. The van der Waals surface area contributed by atoms with Crippen molar-refractivity contribution < 1.29 is 0 Å². The van der Waals surface area contributed by atoms with Crippen LogP contribution in [0.25, 0.3) is 4.85 Å². The van der Waals surface area contributed by atoms with Crippen molar-refractivity contribution in [3.8, 4) is 22.9 Å². The molecule has 1 rings (SSSR count). The van der Waals surface area contributed by atoms with Crippen LogP contribution in [0.1, 0.15) is 11.1 Å². The average Bonchev–Trinajstić information content (AvgIpc) is 2.32. The second-order valence-corrected chi connectivity index (χ2v) is 16.3. The highest BCUT2D eigenvalue weighted by Gasteiger charge is 2.09. The Labute approximate surface area is 125 Å². The fraction of sp³-hybridized carbons (Fsp3) is 0.353. The van der Waals surface area contributed by atoms with Crippen LogP contribution in [0.4, 0.5) is 5.69 Å². The minimum atomic E-state index is -1.42. The first kappa shape index (κ1) is 16.3. The largest absolute Gasteiger partial charge is 0.237 e. The molecule has 1 aromatic rings. The highest BCUT2D eigenvalue weighted by atomic mass is 28.3. The van der Waals surface area contributed by atoms with E-state index < -0.39 is 16.1 Å². The third kappa shape index (κ3) is 5.94. The Kier molecular flexibility index (Phi) is 5.01. The van der Waals surface area contributed by atoms with E-state index in [0.29, 0.717) is 5.69 Å². The molecule has 0 bridgehead atoms. The summed E-state index contributed by atoms with van der Waals surface area (Å²) in [7, 11) is -2.80. The molecule has 102 valence electrons. The van der Waals surface area contributed by atoms with Crippen molar-refractivity contribution in [3.63, 3.8) is 0 Å². The quantitative estimate of drug-likeness (QED) is 0.371. The van der Waals surface area contributed by atoms with Gasteiger partial charge in [-0.1, -0.05) is 57.2 Å². The number of benzene rings is 1. The van der Waals surface area contributed by atoms with Crippen molar-refractivity contribution in [1.82, 2.24) is 0 Å². The maximum absolute atomic E-state index is 7.30. The highest BCUT2D eigenvalue weighted by molar-refractivity contribution is 6.84. The van der Waals surface area contributed by atoms with Crippen LogP contribution in [0, 0.1) is 29.5 Å². The van der Waals surface area contributed by atoms with Crippen molar-refractivity contribution in [3.05, 3.63) is 40.7 Å². The molecule has 0 aliphatic carbocycles.